The predicted molar refractivity (Wildman–Crippen MR) is 119 cm³/mol. The van der Waals surface area contributed by atoms with Gasteiger partial charge in [-0.3, -0.25) is 0 Å². The van der Waals surface area contributed by atoms with E-state index in [0.717, 1.165) is 0 Å². The van der Waals surface area contributed by atoms with Crippen LogP contribution in [0.2, 0.25) is 0 Å². The molecule has 0 heterocycles. The molecule has 0 bridgehead atoms. The average Bonchev–Trinajstić information content (AvgIpc) is 2.74. The molecule has 4 amide bonds. The van der Waals surface area contributed by atoms with Crippen molar-refractivity contribution in [1.82, 2.24) is 0 Å². The van der Waals surface area contributed by atoms with E-state index in [2.05, 4.69) is 21.3 Å². The number of hydrogen-bond acceptors (Lipinski definition) is 6. The van der Waals surface area contributed by atoms with E-state index >= 15 is 0 Å². The van der Waals surface area contributed by atoms with Crippen LogP contribution in [-0.2, 0) is 0 Å². The zero-order valence-electron chi connectivity index (χ0n) is 15.6. The van der Waals surface area contributed by atoms with Crippen LogP contribution in [0.1, 0.15) is 0 Å². The van der Waals surface area contributed by atoms with Crippen molar-refractivity contribution in [3.63, 3.8) is 0 Å². The SMILES string of the molecule is O=C(Nc1cccc(N[O-])c1)Nc1cccc(NC(=O)Nc2cccc(N[O-])c2)c1. The third-order valence-corrected chi connectivity index (χ3v) is 3.85. The molecular formula is C20H18N6O4-2. The first-order valence-electron chi connectivity index (χ1n) is 8.78. The normalized spacial score (nSPS) is 9.93. The number of amides is 4. The summed E-state index contributed by atoms with van der Waals surface area (Å²) in [7, 11) is 0. The smallest absolute Gasteiger partial charge is 0.323 e. The van der Waals surface area contributed by atoms with Gasteiger partial charge in [0.2, 0.25) is 0 Å². The van der Waals surface area contributed by atoms with Crippen LogP contribution in [0.4, 0.5) is 43.7 Å². The summed E-state index contributed by atoms with van der Waals surface area (Å²) in [5.41, 5.74) is 5.92. The van der Waals surface area contributed by atoms with Crippen molar-refractivity contribution in [2.45, 2.75) is 0 Å². The summed E-state index contributed by atoms with van der Waals surface area (Å²) in [5.74, 6) is 0. The minimum atomic E-state index is -0.512. The van der Waals surface area contributed by atoms with Crippen LogP contribution in [0.15, 0.2) is 72.8 Å². The summed E-state index contributed by atoms with van der Waals surface area (Å²) in [6.07, 6.45) is 0. The van der Waals surface area contributed by atoms with Crippen LogP contribution >= 0.6 is 0 Å². The number of carbonyl (C=O) groups excluding carboxylic acids is 2. The maximum Gasteiger partial charge on any atom is 0.323 e. The van der Waals surface area contributed by atoms with E-state index in [9.17, 15) is 20.0 Å². The Morgan fingerprint density at radius 1 is 0.500 bits per heavy atom. The Kier molecular flexibility index (Phi) is 6.66. The molecule has 0 unspecified atom stereocenters. The number of carbonyl (C=O) groups is 2. The van der Waals surface area contributed by atoms with Gasteiger partial charge >= 0.3 is 12.1 Å². The zero-order valence-corrected chi connectivity index (χ0v) is 15.6. The third-order valence-electron chi connectivity index (χ3n) is 3.85. The van der Waals surface area contributed by atoms with E-state index < -0.39 is 12.1 Å². The molecule has 3 aromatic carbocycles. The van der Waals surface area contributed by atoms with Gasteiger partial charge in [-0.2, -0.15) is 0 Å². The van der Waals surface area contributed by atoms with Gasteiger partial charge in [-0.25, -0.2) is 9.59 Å². The van der Waals surface area contributed by atoms with Crippen LogP contribution < -0.4 is 32.2 Å². The van der Waals surface area contributed by atoms with Crippen molar-refractivity contribution in [3.05, 3.63) is 83.2 Å². The van der Waals surface area contributed by atoms with Crippen LogP contribution in [0.5, 0.6) is 0 Å². The summed E-state index contributed by atoms with van der Waals surface area (Å²) in [5, 5.41) is 31.9. The predicted octanol–water partition coefficient (Wildman–Crippen LogP) is 4.79. The molecule has 0 saturated carbocycles. The van der Waals surface area contributed by atoms with E-state index in [1.165, 1.54) is 12.1 Å². The molecular weight excluding hydrogens is 388 g/mol. The lowest BCUT2D eigenvalue weighted by molar-refractivity contribution is 0.261. The molecule has 30 heavy (non-hydrogen) atoms. The fourth-order valence-electron chi connectivity index (χ4n) is 2.58. The molecule has 0 atom stereocenters. The van der Waals surface area contributed by atoms with Gasteiger partial charge in [-0.15, -0.1) is 0 Å². The number of hydrogen-bond donors (Lipinski definition) is 6. The lowest BCUT2D eigenvalue weighted by Crippen LogP contribution is -2.21. The van der Waals surface area contributed by atoms with Crippen molar-refractivity contribution < 1.29 is 9.59 Å². The van der Waals surface area contributed by atoms with Crippen LogP contribution in [0.25, 0.3) is 0 Å². The topological polar surface area (TPSA) is 152 Å². The monoisotopic (exact) mass is 406 g/mol. The Balaban J connectivity index is 1.58. The van der Waals surface area contributed by atoms with E-state index in [1.54, 1.807) is 71.6 Å². The Morgan fingerprint density at radius 3 is 1.07 bits per heavy atom. The van der Waals surface area contributed by atoms with Crippen molar-refractivity contribution in [2.24, 2.45) is 0 Å². The van der Waals surface area contributed by atoms with E-state index in [4.69, 9.17) is 0 Å². The maximum absolute atomic E-state index is 12.2. The van der Waals surface area contributed by atoms with Gasteiger partial charge in [0, 0.05) is 34.1 Å². The number of anilines is 6. The first kappa shape index (κ1) is 20.5. The minimum absolute atomic E-state index is 0.321. The highest BCUT2D eigenvalue weighted by Crippen LogP contribution is 2.19. The van der Waals surface area contributed by atoms with Gasteiger partial charge in [0.05, 0.1) is 0 Å². The highest BCUT2D eigenvalue weighted by Gasteiger charge is 2.06. The first-order valence-corrected chi connectivity index (χ1v) is 8.78. The summed E-state index contributed by atoms with van der Waals surface area (Å²) in [6, 6.07) is 18.2. The van der Waals surface area contributed by atoms with E-state index in [0.29, 0.717) is 34.1 Å². The Hall–Kier alpha value is -4.28. The Morgan fingerprint density at radius 2 is 0.767 bits per heavy atom. The molecule has 0 spiro atoms. The van der Waals surface area contributed by atoms with E-state index in [1.807, 2.05) is 0 Å². The minimum Gasteiger partial charge on any atom is -0.761 e. The van der Waals surface area contributed by atoms with Gasteiger partial charge < -0.3 is 42.6 Å². The fraction of sp³-hybridized carbons (Fsp3) is 0. The summed E-state index contributed by atoms with van der Waals surface area (Å²) in [4.78, 5) is 24.3. The Bertz CT molecular complexity index is 964. The molecule has 0 aromatic heterocycles. The number of rotatable bonds is 6. The lowest BCUT2D eigenvalue weighted by atomic mass is 10.2. The van der Waals surface area contributed by atoms with Crippen molar-refractivity contribution in [2.75, 3.05) is 32.2 Å². The molecule has 10 nitrogen and oxygen atoms in total. The van der Waals surface area contributed by atoms with Gasteiger partial charge in [0.25, 0.3) is 0 Å². The van der Waals surface area contributed by atoms with Crippen molar-refractivity contribution >= 4 is 46.2 Å². The number of urea groups is 2. The first-order chi connectivity index (χ1) is 14.6. The highest BCUT2D eigenvalue weighted by molar-refractivity contribution is 6.02. The van der Waals surface area contributed by atoms with Crippen LogP contribution in [0.3, 0.4) is 0 Å². The van der Waals surface area contributed by atoms with Crippen molar-refractivity contribution in [3.8, 4) is 0 Å². The van der Waals surface area contributed by atoms with Crippen molar-refractivity contribution in [1.29, 1.82) is 0 Å². The van der Waals surface area contributed by atoms with Gasteiger partial charge in [0.1, 0.15) is 0 Å². The molecule has 0 aliphatic heterocycles. The second-order valence-corrected chi connectivity index (χ2v) is 6.10. The molecule has 3 aromatic rings. The lowest BCUT2D eigenvalue weighted by Gasteiger charge is -2.13. The van der Waals surface area contributed by atoms with Gasteiger partial charge in [0.15, 0.2) is 0 Å². The quantitative estimate of drug-likeness (QED) is 0.324. The summed E-state index contributed by atoms with van der Waals surface area (Å²) >= 11 is 0. The molecule has 0 fully saturated rings. The third kappa shape index (κ3) is 5.86. The largest absolute Gasteiger partial charge is 0.761 e. The average molecular weight is 406 g/mol. The van der Waals surface area contributed by atoms with E-state index in [-0.39, 0.29) is 0 Å². The Labute approximate surface area is 171 Å². The zero-order chi connectivity index (χ0) is 21.3. The fourth-order valence-corrected chi connectivity index (χ4v) is 2.58. The molecule has 10 heteroatoms. The van der Waals surface area contributed by atoms with Gasteiger partial charge in [-0.05, 0) is 54.6 Å². The maximum atomic E-state index is 12.2. The van der Waals surface area contributed by atoms with Gasteiger partial charge in [-0.1, -0.05) is 18.2 Å². The summed E-state index contributed by atoms with van der Waals surface area (Å²) < 4.78 is 0. The highest BCUT2D eigenvalue weighted by atomic mass is 16.5. The summed E-state index contributed by atoms with van der Waals surface area (Å²) in [6.45, 7) is 0. The molecule has 0 aliphatic rings. The number of benzene rings is 3. The standard InChI is InChI=1S/C20H18N6O4/c27-19(23-15-6-2-8-17(11-15)25-29)21-13-4-1-5-14(10-13)22-20(28)24-16-7-3-9-18(12-16)26-30/h1-12,25-26H,(H2,21,23,27)(H2,22,24,28)/q-2. The molecule has 0 radical (unpaired) electrons. The second-order valence-electron chi connectivity index (χ2n) is 6.10. The molecule has 3 rings (SSSR count). The van der Waals surface area contributed by atoms with Crippen LogP contribution in [-0.4, -0.2) is 12.1 Å². The molecule has 6 N–H and O–H groups in total. The molecule has 0 aliphatic carbocycles. The number of nitrogens with one attached hydrogen (secondary N) is 6. The second kappa shape index (κ2) is 9.78. The molecule has 0 saturated heterocycles. The molecule has 154 valence electrons. The van der Waals surface area contributed by atoms with Crippen LogP contribution in [0, 0.1) is 10.4 Å².